The number of nitrogens with zero attached hydrogens (tertiary/aromatic N) is 3. The van der Waals surface area contributed by atoms with Crippen LogP contribution in [0.25, 0.3) is 17.4 Å². The minimum atomic E-state index is 0.231. The number of halogens is 1. The Labute approximate surface area is 110 Å². The van der Waals surface area contributed by atoms with E-state index in [4.69, 9.17) is 21.3 Å². The fraction of sp³-hybridized carbons (Fsp3) is 0.154. The number of nitriles is 1. The summed E-state index contributed by atoms with van der Waals surface area (Å²) in [5, 5.41) is 8.94. The van der Waals surface area contributed by atoms with Crippen molar-refractivity contribution < 1.29 is 4.42 Å². The molecule has 0 unspecified atom stereocenters. The highest BCUT2D eigenvalue weighted by Gasteiger charge is 2.10. The summed E-state index contributed by atoms with van der Waals surface area (Å²) < 4.78 is 5.54. The number of rotatable bonds is 2. The molecule has 0 fully saturated rings. The van der Waals surface area contributed by atoms with E-state index in [0.717, 1.165) is 5.57 Å². The van der Waals surface area contributed by atoms with Gasteiger partial charge in [-0.25, -0.2) is 9.97 Å². The van der Waals surface area contributed by atoms with Crippen LogP contribution in [0.4, 0.5) is 0 Å². The molecule has 4 nitrogen and oxygen atoms in total. The Morgan fingerprint density at radius 1 is 1.44 bits per heavy atom. The molecule has 2 rings (SSSR count). The summed E-state index contributed by atoms with van der Waals surface area (Å²) in [6.07, 6.45) is 3.41. The second-order valence-electron chi connectivity index (χ2n) is 3.93. The van der Waals surface area contributed by atoms with Crippen molar-refractivity contribution in [3.63, 3.8) is 0 Å². The lowest BCUT2D eigenvalue weighted by Crippen LogP contribution is -1.85. The number of hydrogen-bond donors (Lipinski definition) is 0. The second-order valence-corrected chi connectivity index (χ2v) is 4.29. The normalized spacial score (nSPS) is 9.89. The predicted octanol–water partition coefficient (Wildman–Crippen LogP) is 3.68. The molecule has 0 N–H and O–H groups in total. The van der Waals surface area contributed by atoms with Crippen molar-refractivity contribution >= 4 is 17.7 Å². The molecule has 5 heteroatoms. The number of pyridine rings is 1. The van der Waals surface area contributed by atoms with Crippen LogP contribution in [0.1, 0.15) is 25.4 Å². The summed E-state index contributed by atoms with van der Waals surface area (Å²) in [7, 11) is 0. The SMILES string of the molecule is CC(C)=Cc1ncc(-c2ccc(C#N)nc2Cl)o1. The first-order valence-corrected chi connectivity index (χ1v) is 5.65. The first-order valence-electron chi connectivity index (χ1n) is 5.28. The highest BCUT2D eigenvalue weighted by molar-refractivity contribution is 6.32. The molecule has 0 spiro atoms. The zero-order valence-electron chi connectivity index (χ0n) is 9.94. The molecule has 0 atom stereocenters. The van der Waals surface area contributed by atoms with Gasteiger partial charge in [-0.1, -0.05) is 17.2 Å². The van der Waals surface area contributed by atoms with Crippen LogP contribution in [0.5, 0.6) is 0 Å². The number of aromatic nitrogens is 2. The third kappa shape index (κ3) is 2.58. The Hall–Kier alpha value is -2.12. The van der Waals surface area contributed by atoms with Crippen LogP contribution in [0.3, 0.4) is 0 Å². The van der Waals surface area contributed by atoms with Crippen molar-refractivity contribution in [2.75, 3.05) is 0 Å². The van der Waals surface area contributed by atoms with Crippen molar-refractivity contribution in [1.29, 1.82) is 5.26 Å². The van der Waals surface area contributed by atoms with Crippen molar-refractivity contribution in [3.8, 4) is 17.4 Å². The average Bonchev–Trinajstić information content (AvgIpc) is 2.76. The summed E-state index contributed by atoms with van der Waals surface area (Å²) in [6, 6.07) is 5.21. The van der Waals surface area contributed by atoms with E-state index in [1.54, 1.807) is 18.3 Å². The maximum atomic E-state index is 8.71. The van der Waals surface area contributed by atoms with Crippen molar-refractivity contribution in [2.45, 2.75) is 13.8 Å². The van der Waals surface area contributed by atoms with Gasteiger partial charge in [0.15, 0.2) is 5.76 Å². The maximum absolute atomic E-state index is 8.71. The first kappa shape index (κ1) is 12.3. The third-order valence-corrected chi connectivity index (χ3v) is 2.45. The first-order chi connectivity index (χ1) is 8.60. The molecule has 0 bridgehead atoms. The van der Waals surface area contributed by atoms with E-state index >= 15 is 0 Å². The molecular weight excluding hydrogens is 250 g/mol. The van der Waals surface area contributed by atoms with E-state index < -0.39 is 0 Å². The third-order valence-electron chi connectivity index (χ3n) is 2.16. The predicted molar refractivity (Wildman–Crippen MR) is 68.8 cm³/mol. The summed E-state index contributed by atoms with van der Waals surface area (Å²) in [6.45, 7) is 3.92. The highest BCUT2D eigenvalue weighted by atomic mass is 35.5. The lowest BCUT2D eigenvalue weighted by atomic mass is 10.2. The minimum Gasteiger partial charge on any atom is -0.437 e. The molecule has 2 aromatic heterocycles. The molecule has 0 aromatic carbocycles. The van der Waals surface area contributed by atoms with Crippen LogP contribution in [0.15, 0.2) is 28.3 Å². The van der Waals surface area contributed by atoms with E-state index in [1.807, 2.05) is 26.0 Å². The van der Waals surface area contributed by atoms with E-state index in [1.165, 1.54) is 0 Å². The fourth-order valence-corrected chi connectivity index (χ4v) is 1.65. The van der Waals surface area contributed by atoms with Gasteiger partial charge in [-0.15, -0.1) is 0 Å². The molecular formula is C13H10ClN3O. The molecule has 0 aliphatic carbocycles. The molecule has 0 aliphatic rings. The molecule has 0 radical (unpaired) electrons. The van der Waals surface area contributed by atoms with Crippen molar-refractivity contribution in [3.05, 3.63) is 40.6 Å². The van der Waals surface area contributed by atoms with Gasteiger partial charge in [-0.05, 0) is 32.1 Å². The zero-order chi connectivity index (χ0) is 13.1. The van der Waals surface area contributed by atoms with E-state index in [9.17, 15) is 0 Å². The summed E-state index contributed by atoms with van der Waals surface area (Å²) >= 11 is 5.99. The lowest BCUT2D eigenvalue weighted by molar-refractivity contribution is 0.559. The Morgan fingerprint density at radius 2 is 2.22 bits per heavy atom. The molecule has 0 amide bonds. The molecule has 2 heterocycles. The minimum absolute atomic E-state index is 0.231. The van der Waals surface area contributed by atoms with Gasteiger partial charge in [0.2, 0.25) is 5.89 Å². The summed E-state index contributed by atoms with van der Waals surface area (Å²) in [4.78, 5) is 8.06. The Morgan fingerprint density at radius 3 is 2.83 bits per heavy atom. The topological polar surface area (TPSA) is 62.7 Å². The van der Waals surface area contributed by atoms with E-state index in [2.05, 4.69) is 9.97 Å². The van der Waals surface area contributed by atoms with Gasteiger partial charge in [0, 0.05) is 0 Å². The van der Waals surface area contributed by atoms with E-state index in [-0.39, 0.29) is 10.8 Å². The summed E-state index contributed by atoms with van der Waals surface area (Å²) in [5.74, 6) is 1.05. The number of oxazole rings is 1. The van der Waals surface area contributed by atoms with Crippen LogP contribution < -0.4 is 0 Å². The quantitative estimate of drug-likeness (QED) is 0.772. The maximum Gasteiger partial charge on any atom is 0.219 e. The molecule has 0 aliphatic heterocycles. The molecule has 2 aromatic rings. The Bertz CT molecular complexity index is 648. The smallest absolute Gasteiger partial charge is 0.219 e. The Balaban J connectivity index is 2.41. The van der Waals surface area contributed by atoms with Gasteiger partial charge >= 0.3 is 0 Å². The second kappa shape index (κ2) is 5.03. The van der Waals surface area contributed by atoms with Crippen LogP contribution >= 0.6 is 11.6 Å². The van der Waals surface area contributed by atoms with Gasteiger partial charge in [0.05, 0.1) is 11.8 Å². The van der Waals surface area contributed by atoms with Crippen LogP contribution in [0, 0.1) is 11.3 Å². The largest absolute Gasteiger partial charge is 0.437 e. The highest BCUT2D eigenvalue weighted by Crippen LogP contribution is 2.27. The average molecular weight is 260 g/mol. The van der Waals surface area contributed by atoms with Crippen LogP contribution in [-0.2, 0) is 0 Å². The lowest BCUT2D eigenvalue weighted by Gasteiger charge is -1.98. The summed E-state index contributed by atoms with van der Waals surface area (Å²) in [5.41, 5.74) is 1.98. The molecule has 90 valence electrons. The van der Waals surface area contributed by atoms with Crippen molar-refractivity contribution in [1.82, 2.24) is 9.97 Å². The molecule has 18 heavy (non-hydrogen) atoms. The van der Waals surface area contributed by atoms with Crippen LogP contribution in [-0.4, -0.2) is 9.97 Å². The van der Waals surface area contributed by atoms with Gasteiger partial charge in [0.25, 0.3) is 0 Å². The zero-order valence-corrected chi connectivity index (χ0v) is 10.7. The van der Waals surface area contributed by atoms with Gasteiger partial charge in [-0.2, -0.15) is 5.26 Å². The number of allylic oxidation sites excluding steroid dienone is 1. The van der Waals surface area contributed by atoms with E-state index in [0.29, 0.717) is 17.2 Å². The van der Waals surface area contributed by atoms with Crippen molar-refractivity contribution in [2.24, 2.45) is 0 Å². The van der Waals surface area contributed by atoms with Crippen LogP contribution in [0.2, 0.25) is 5.15 Å². The van der Waals surface area contributed by atoms with Gasteiger partial charge < -0.3 is 4.42 Å². The standard InChI is InChI=1S/C13H10ClN3O/c1-8(2)5-12-16-7-11(18-12)10-4-3-9(6-15)17-13(10)14/h3-5,7H,1-2H3. The van der Waals surface area contributed by atoms with Gasteiger partial charge in [0.1, 0.15) is 16.9 Å². The van der Waals surface area contributed by atoms with Gasteiger partial charge in [-0.3, -0.25) is 0 Å². The fourth-order valence-electron chi connectivity index (χ4n) is 1.41. The Kier molecular flexibility index (Phi) is 3.45. The monoisotopic (exact) mass is 259 g/mol. The molecule has 0 saturated heterocycles. The molecule has 0 saturated carbocycles. The number of hydrogen-bond acceptors (Lipinski definition) is 4.